The van der Waals surface area contributed by atoms with E-state index in [-0.39, 0.29) is 11.8 Å². The van der Waals surface area contributed by atoms with Gasteiger partial charge in [0.05, 0.1) is 0 Å². The van der Waals surface area contributed by atoms with Crippen molar-refractivity contribution in [1.82, 2.24) is 15.1 Å². The van der Waals surface area contributed by atoms with E-state index in [1.54, 1.807) is 12.1 Å². The molecule has 6 heteroatoms. The van der Waals surface area contributed by atoms with E-state index >= 15 is 0 Å². The number of halogens is 1. The summed E-state index contributed by atoms with van der Waals surface area (Å²) in [7, 11) is 0. The predicted octanol–water partition coefficient (Wildman–Crippen LogP) is 1.75. The van der Waals surface area contributed by atoms with Gasteiger partial charge in [-0.2, -0.15) is 0 Å². The number of likely N-dealkylation sites (tertiary alicyclic amines) is 1. The smallest absolute Gasteiger partial charge is 0.317 e. The minimum absolute atomic E-state index is 0.0305. The lowest BCUT2D eigenvalue weighted by atomic mass is 10.2. The Bertz CT molecular complexity index is 508. The Kier molecular flexibility index (Phi) is 5.33. The summed E-state index contributed by atoms with van der Waals surface area (Å²) in [6, 6.07) is 6.57. The van der Waals surface area contributed by atoms with Crippen LogP contribution in [0.25, 0.3) is 0 Å². The Morgan fingerprint density at radius 3 is 2.30 bits per heavy atom. The first kappa shape index (κ1) is 16.1. The van der Waals surface area contributed by atoms with E-state index in [0.29, 0.717) is 13.1 Å². The third kappa shape index (κ3) is 4.34. The van der Waals surface area contributed by atoms with Gasteiger partial charge in [-0.05, 0) is 50.2 Å². The molecule has 1 aromatic rings. The number of urea groups is 1. The minimum atomic E-state index is -0.218. The van der Waals surface area contributed by atoms with Crippen molar-refractivity contribution in [2.75, 3.05) is 57.3 Å². The molecule has 2 saturated heterocycles. The van der Waals surface area contributed by atoms with Gasteiger partial charge in [-0.3, -0.25) is 0 Å². The first-order chi connectivity index (χ1) is 11.2. The molecule has 0 saturated carbocycles. The quantitative estimate of drug-likeness (QED) is 0.919. The Balaban J connectivity index is 1.39. The topological polar surface area (TPSA) is 38.8 Å². The summed E-state index contributed by atoms with van der Waals surface area (Å²) in [6.07, 6.45) is 2.55. The number of carbonyl (C=O) groups is 1. The van der Waals surface area contributed by atoms with Crippen LogP contribution in [0.3, 0.4) is 0 Å². The molecule has 0 bridgehead atoms. The highest BCUT2D eigenvalue weighted by atomic mass is 19.1. The molecule has 2 amide bonds. The van der Waals surface area contributed by atoms with Gasteiger partial charge in [0.1, 0.15) is 5.82 Å². The van der Waals surface area contributed by atoms with E-state index in [1.165, 1.54) is 25.0 Å². The minimum Gasteiger partial charge on any atom is -0.368 e. The summed E-state index contributed by atoms with van der Waals surface area (Å²) in [5.41, 5.74) is 1.01. The fraction of sp³-hybridized carbons (Fsp3) is 0.588. The number of piperazine rings is 1. The fourth-order valence-electron chi connectivity index (χ4n) is 3.26. The normalized spacial score (nSPS) is 19.2. The molecular weight excluding hydrogens is 295 g/mol. The number of anilines is 1. The van der Waals surface area contributed by atoms with Gasteiger partial charge in [0, 0.05) is 45.0 Å². The Hall–Kier alpha value is -1.82. The Morgan fingerprint density at radius 2 is 1.65 bits per heavy atom. The van der Waals surface area contributed by atoms with Gasteiger partial charge < -0.3 is 20.0 Å². The molecule has 0 spiro atoms. The molecule has 3 rings (SSSR count). The number of benzene rings is 1. The molecule has 5 nitrogen and oxygen atoms in total. The summed E-state index contributed by atoms with van der Waals surface area (Å²) < 4.78 is 13.0. The van der Waals surface area contributed by atoms with E-state index in [0.717, 1.165) is 45.0 Å². The average molecular weight is 320 g/mol. The first-order valence-electron chi connectivity index (χ1n) is 8.48. The van der Waals surface area contributed by atoms with Crippen LogP contribution in [0.15, 0.2) is 24.3 Å². The highest BCUT2D eigenvalue weighted by molar-refractivity contribution is 5.74. The monoisotopic (exact) mass is 320 g/mol. The van der Waals surface area contributed by atoms with E-state index in [4.69, 9.17) is 0 Å². The lowest BCUT2D eigenvalue weighted by molar-refractivity contribution is 0.192. The van der Waals surface area contributed by atoms with Crippen molar-refractivity contribution in [1.29, 1.82) is 0 Å². The molecule has 2 heterocycles. The van der Waals surface area contributed by atoms with Gasteiger partial charge >= 0.3 is 6.03 Å². The standard InChI is InChI=1S/C17H25FN4O/c18-15-3-5-16(6-4-15)21-11-13-22(14-12-21)17(23)19-7-10-20-8-1-2-9-20/h3-6H,1-2,7-14H2,(H,19,23). The molecule has 2 aliphatic rings. The second-order valence-electron chi connectivity index (χ2n) is 6.23. The van der Waals surface area contributed by atoms with E-state index in [2.05, 4.69) is 15.1 Å². The number of amides is 2. The molecule has 0 atom stereocenters. The van der Waals surface area contributed by atoms with Crippen molar-refractivity contribution in [3.63, 3.8) is 0 Å². The number of nitrogens with zero attached hydrogens (tertiary/aromatic N) is 3. The predicted molar refractivity (Wildman–Crippen MR) is 89.3 cm³/mol. The van der Waals surface area contributed by atoms with Crippen LogP contribution in [0.5, 0.6) is 0 Å². The van der Waals surface area contributed by atoms with Crippen molar-refractivity contribution in [2.24, 2.45) is 0 Å². The molecule has 1 aromatic carbocycles. The van der Waals surface area contributed by atoms with Gasteiger partial charge in [-0.15, -0.1) is 0 Å². The second kappa shape index (κ2) is 7.64. The van der Waals surface area contributed by atoms with Crippen LogP contribution in [0.1, 0.15) is 12.8 Å². The summed E-state index contributed by atoms with van der Waals surface area (Å²) in [4.78, 5) is 18.6. The van der Waals surface area contributed by atoms with Crippen LogP contribution >= 0.6 is 0 Å². The summed E-state index contributed by atoms with van der Waals surface area (Å²) in [5.74, 6) is -0.218. The van der Waals surface area contributed by atoms with Gasteiger partial charge in [0.15, 0.2) is 0 Å². The zero-order valence-electron chi connectivity index (χ0n) is 13.5. The van der Waals surface area contributed by atoms with Gasteiger partial charge in [-0.25, -0.2) is 9.18 Å². The number of hydrogen-bond acceptors (Lipinski definition) is 3. The maximum Gasteiger partial charge on any atom is 0.317 e. The lowest BCUT2D eigenvalue weighted by Crippen LogP contribution is -2.52. The number of rotatable bonds is 4. The van der Waals surface area contributed by atoms with Gasteiger partial charge in [0.25, 0.3) is 0 Å². The Morgan fingerprint density at radius 1 is 1.00 bits per heavy atom. The number of hydrogen-bond donors (Lipinski definition) is 1. The maximum atomic E-state index is 13.0. The van der Waals surface area contributed by atoms with Gasteiger partial charge in [0.2, 0.25) is 0 Å². The maximum absolute atomic E-state index is 13.0. The second-order valence-corrected chi connectivity index (χ2v) is 6.23. The van der Waals surface area contributed by atoms with E-state index in [1.807, 2.05) is 4.90 Å². The van der Waals surface area contributed by atoms with Crippen molar-refractivity contribution in [2.45, 2.75) is 12.8 Å². The third-order valence-electron chi connectivity index (χ3n) is 4.66. The summed E-state index contributed by atoms with van der Waals surface area (Å²) in [5, 5.41) is 3.02. The molecule has 126 valence electrons. The zero-order valence-corrected chi connectivity index (χ0v) is 13.5. The van der Waals surface area contributed by atoms with E-state index < -0.39 is 0 Å². The molecule has 0 radical (unpaired) electrons. The van der Waals surface area contributed by atoms with Crippen LogP contribution in [0.4, 0.5) is 14.9 Å². The summed E-state index contributed by atoms with van der Waals surface area (Å²) in [6.45, 7) is 6.95. The average Bonchev–Trinajstić information content (AvgIpc) is 3.09. The lowest BCUT2D eigenvalue weighted by Gasteiger charge is -2.36. The highest BCUT2D eigenvalue weighted by Crippen LogP contribution is 2.16. The Labute approximate surface area is 137 Å². The van der Waals surface area contributed by atoms with Crippen molar-refractivity contribution in [3.8, 4) is 0 Å². The highest BCUT2D eigenvalue weighted by Gasteiger charge is 2.21. The van der Waals surface area contributed by atoms with Crippen molar-refractivity contribution < 1.29 is 9.18 Å². The molecule has 1 N–H and O–H groups in total. The number of carbonyl (C=O) groups excluding carboxylic acids is 1. The van der Waals surface area contributed by atoms with Gasteiger partial charge in [-0.1, -0.05) is 0 Å². The van der Waals surface area contributed by atoms with Crippen LogP contribution in [0, 0.1) is 5.82 Å². The molecule has 2 fully saturated rings. The zero-order chi connectivity index (χ0) is 16.1. The molecule has 0 unspecified atom stereocenters. The van der Waals surface area contributed by atoms with Crippen LogP contribution in [0.2, 0.25) is 0 Å². The van der Waals surface area contributed by atoms with E-state index in [9.17, 15) is 9.18 Å². The van der Waals surface area contributed by atoms with Crippen LogP contribution in [-0.4, -0.2) is 68.2 Å². The molecule has 2 aliphatic heterocycles. The first-order valence-corrected chi connectivity index (χ1v) is 8.48. The SMILES string of the molecule is O=C(NCCN1CCCC1)N1CCN(c2ccc(F)cc2)CC1. The van der Waals surface area contributed by atoms with Crippen LogP contribution in [-0.2, 0) is 0 Å². The van der Waals surface area contributed by atoms with Crippen LogP contribution < -0.4 is 10.2 Å². The molecular formula is C17H25FN4O. The number of nitrogens with one attached hydrogen (secondary N) is 1. The fourth-order valence-corrected chi connectivity index (χ4v) is 3.26. The van der Waals surface area contributed by atoms with Crippen molar-refractivity contribution >= 4 is 11.7 Å². The largest absolute Gasteiger partial charge is 0.368 e. The molecule has 0 aromatic heterocycles. The third-order valence-corrected chi connectivity index (χ3v) is 4.66. The van der Waals surface area contributed by atoms with Crippen molar-refractivity contribution in [3.05, 3.63) is 30.1 Å². The molecule has 23 heavy (non-hydrogen) atoms. The summed E-state index contributed by atoms with van der Waals surface area (Å²) >= 11 is 0. The molecule has 0 aliphatic carbocycles.